The Morgan fingerprint density at radius 3 is 2.50 bits per heavy atom. The van der Waals surface area contributed by atoms with Gasteiger partial charge in [0.25, 0.3) is 0 Å². The molecule has 0 fully saturated rings. The van der Waals surface area contributed by atoms with Crippen LogP contribution in [-0.4, -0.2) is 13.1 Å². The van der Waals surface area contributed by atoms with Crippen LogP contribution in [0, 0.1) is 5.92 Å². The SMILES string of the molecule is CCN(CC(C)C)c1cc(Cl)ccc1CCl. The fourth-order valence-electron chi connectivity index (χ4n) is 1.78. The number of alkyl halides is 1. The molecule has 1 aromatic rings. The zero-order valence-electron chi connectivity index (χ0n) is 10.1. The Bertz CT molecular complexity index is 337. The second-order valence-corrected chi connectivity index (χ2v) is 5.04. The lowest BCUT2D eigenvalue weighted by atomic mass is 10.1. The van der Waals surface area contributed by atoms with E-state index < -0.39 is 0 Å². The third-order valence-electron chi connectivity index (χ3n) is 2.50. The van der Waals surface area contributed by atoms with Gasteiger partial charge in [-0.25, -0.2) is 0 Å². The van der Waals surface area contributed by atoms with Crippen molar-refractivity contribution >= 4 is 28.9 Å². The van der Waals surface area contributed by atoms with Crippen molar-refractivity contribution in [3.63, 3.8) is 0 Å². The van der Waals surface area contributed by atoms with E-state index in [1.165, 1.54) is 5.69 Å². The van der Waals surface area contributed by atoms with Crippen LogP contribution in [0.4, 0.5) is 5.69 Å². The summed E-state index contributed by atoms with van der Waals surface area (Å²) in [6.07, 6.45) is 0. The predicted molar refractivity (Wildman–Crippen MR) is 73.7 cm³/mol. The summed E-state index contributed by atoms with van der Waals surface area (Å²) in [5, 5.41) is 0.770. The third kappa shape index (κ3) is 3.57. The van der Waals surface area contributed by atoms with E-state index in [0.717, 1.165) is 23.7 Å². The van der Waals surface area contributed by atoms with E-state index in [9.17, 15) is 0 Å². The molecule has 0 spiro atoms. The fourth-order valence-corrected chi connectivity index (χ4v) is 2.18. The molecule has 0 N–H and O–H groups in total. The van der Waals surface area contributed by atoms with E-state index in [2.05, 4.69) is 25.7 Å². The molecule has 0 heterocycles. The second-order valence-electron chi connectivity index (χ2n) is 4.34. The van der Waals surface area contributed by atoms with Gasteiger partial charge in [-0.1, -0.05) is 31.5 Å². The van der Waals surface area contributed by atoms with E-state index in [-0.39, 0.29) is 0 Å². The molecule has 0 amide bonds. The van der Waals surface area contributed by atoms with Crippen molar-refractivity contribution in [2.24, 2.45) is 5.92 Å². The molecule has 3 heteroatoms. The molecule has 0 aromatic heterocycles. The van der Waals surface area contributed by atoms with Gasteiger partial charge < -0.3 is 4.90 Å². The molecule has 0 bridgehead atoms. The summed E-state index contributed by atoms with van der Waals surface area (Å²) >= 11 is 12.0. The highest BCUT2D eigenvalue weighted by Crippen LogP contribution is 2.26. The molecule has 0 saturated carbocycles. The minimum Gasteiger partial charge on any atom is -0.371 e. The smallest absolute Gasteiger partial charge is 0.0494 e. The Hall–Kier alpha value is -0.400. The first-order chi connectivity index (χ1) is 7.58. The van der Waals surface area contributed by atoms with Crippen LogP contribution in [-0.2, 0) is 5.88 Å². The van der Waals surface area contributed by atoms with Gasteiger partial charge in [-0.3, -0.25) is 0 Å². The Morgan fingerprint density at radius 1 is 1.31 bits per heavy atom. The number of rotatable bonds is 5. The molecule has 1 nitrogen and oxygen atoms in total. The number of halogens is 2. The van der Waals surface area contributed by atoms with Crippen LogP contribution in [0.5, 0.6) is 0 Å². The van der Waals surface area contributed by atoms with Crippen molar-refractivity contribution in [3.8, 4) is 0 Å². The number of hydrogen-bond donors (Lipinski definition) is 0. The van der Waals surface area contributed by atoms with Gasteiger partial charge in [0.15, 0.2) is 0 Å². The van der Waals surface area contributed by atoms with E-state index in [1.54, 1.807) is 0 Å². The zero-order chi connectivity index (χ0) is 12.1. The van der Waals surface area contributed by atoms with E-state index in [4.69, 9.17) is 23.2 Å². The average Bonchev–Trinajstić information content (AvgIpc) is 2.25. The van der Waals surface area contributed by atoms with Gasteiger partial charge in [0.1, 0.15) is 0 Å². The van der Waals surface area contributed by atoms with E-state index in [0.29, 0.717) is 11.8 Å². The normalized spacial score (nSPS) is 10.9. The molecular formula is C13H19Cl2N. The number of hydrogen-bond acceptors (Lipinski definition) is 1. The number of anilines is 1. The predicted octanol–water partition coefficient (Wildman–Crippen LogP) is 4.56. The van der Waals surface area contributed by atoms with Gasteiger partial charge >= 0.3 is 0 Å². The lowest BCUT2D eigenvalue weighted by molar-refractivity contribution is 0.618. The van der Waals surface area contributed by atoms with Gasteiger partial charge in [0, 0.05) is 29.7 Å². The average molecular weight is 260 g/mol. The van der Waals surface area contributed by atoms with Crippen molar-refractivity contribution in [2.45, 2.75) is 26.7 Å². The zero-order valence-corrected chi connectivity index (χ0v) is 11.6. The Labute approximate surface area is 108 Å². The lowest BCUT2D eigenvalue weighted by Gasteiger charge is -2.27. The summed E-state index contributed by atoms with van der Waals surface area (Å²) < 4.78 is 0. The van der Waals surface area contributed by atoms with Crippen LogP contribution >= 0.6 is 23.2 Å². The van der Waals surface area contributed by atoms with Crippen molar-refractivity contribution < 1.29 is 0 Å². The van der Waals surface area contributed by atoms with E-state index in [1.807, 2.05) is 18.2 Å². The molecule has 0 atom stereocenters. The summed E-state index contributed by atoms with van der Waals surface area (Å²) in [6.45, 7) is 8.59. The standard InChI is InChI=1S/C13H19Cl2N/c1-4-16(9-10(2)3)13-7-12(15)6-5-11(13)8-14/h5-7,10H,4,8-9H2,1-3H3. The Morgan fingerprint density at radius 2 is 2.00 bits per heavy atom. The van der Waals surface area contributed by atoms with Crippen molar-refractivity contribution in [3.05, 3.63) is 28.8 Å². The maximum Gasteiger partial charge on any atom is 0.0494 e. The first-order valence-corrected chi connectivity index (χ1v) is 6.59. The molecule has 0 aliphatic rings. The molecule has 1 rings (SSSR count). The first kappa shape index (κ1) is 13.7. The minimum atomic E-state index is 0.529. The molecule has 0 radical (unpaired) electrons. The van der Waals surface area contributed by atoms with Crippen molar-refractivity contribution in [1.82, 2.24) is 0 Å². The molecule has 0 aliphatic heterocycles. The maximum absolute atomic E-state index is 6.04. The minimum absolute atomic E-state index is 0.529. The summed E-state index contributed by atoms with van der Waals surface area (Å²) in [5.41, 5.74) is 2.31. The molecule has 0 unspecified atom stereocenters. The van der Waals surface area contributed by atoms with Crippen molar-refractivity contribution in [1.29, 1.82) is 0 Å². The van der Waals surface area contributed by atoms with Gasteiger partial charge in [-0.05, 0) is 30.5 Å². The molecular weight excluding hydrogens is 241 g/mol. The van der Waals surface area contributed by atoms with Crippen LogP contribution in [0.1, 0.15) is 26.3 Å². The van der Waals surface area contributed by atoms with E-state index >= 15 is 0 Å². The highest BCUT2D eigenvalue weighted by molar-refractivity contribution is 6.31. The lowest BCUT2D eigenvalue weighted by Crippen LogP contribution is -2.28. The molecule has 90 valence electrons. The summed E-state index contributed by atoms with van der Waals surface area (Å²) in [5.74, 6) is 1.16. The van der Waals surface area contributed by atoms with Gasteiger partial charge in [0.2, 0.25) is 0 Å². The van der Waals surface area contributed by atoms with Crippen LogP contribution in [0.25, 0.3) is 0 Å². The molecule has 0 aliphatic carbocycles. The van der Waals surface area contributed by atoms with Gasteiger partial charge in [-0.2, -0.15) is 0 Å². The molecule has 1 aromatic carbocycles. The highest BCUT2D eigenvalue weighted by atomic mass is 35.5. The summed E-state index contributed by atoms with van der Waals surface area (Å²) in [6, 6.07) is 5.91. The molecule has 0 saturated heterocycles. The maximum atomic E-state index is 6.04. The van der Waals surface area contributed by atoms with Crippen LogP contribution in [0.3, 0.4) is 0 Å². The third-order valence-corrected chi connectivity index (χ3v) is 3.02. The van der Waals surface area contributed by atoms with Crippen molar-refractivity contribution in [2.75, 3.05) is 18.0 Å². The quantitative estimate of drug-likeness (QED) is 0.701. The number of nitrogens with zero attached hydrogens (tertiary/aromatic N) is 1. The van der Waals surface area contributed by atoms with Crippen LogP contribution in [0.2, 0.25) is 5.02 Å². The van der Waals surface area contributed by atoms with Crippen LogP contribution < -0.4 is 4.90 Å². The van der Waals surface area contributed by atoms with Gasteiger partial charge in [0.05, 0.1) is 0 Å². The topological polar surface area (TPSA) is 3.24 Å². The monoisotopic (exact) mass is 259 g/mol. The highest BCUT2D eigenvalue weighted by Gasteiger charge is 2.11. The second kappa shape index (κ2) is 6.36. The Kier molecular flexibility index (Phi) is 5.43. The first-order valence-electron chi connectivity index (χ1n) is 5.67. The molecule has 16 heavy (non-hydrogen) atoms. The number of benzene rings is 1. The largest absolute Gasteiger partial charge is 0.371 e. The van der Waals surface area contributed by atoms with Crippen LogP contribution in [0.15, 0.2) is 18.2 Å². The Balaban J connectivity index is 3.02. The van der Waals surface area contributed by atoms with Gasteiger partial charge in [-0.15, -0.1) is 11.6 Å². The fraction of sp³-hybridized carbons (Fsp3) is 0.538. The summed E-state index contributed by atoms with van der Waals surface area (Å²) in [7, 11) is 0. The summed E-state index contributed by atoms with van der Waals surface area (Å²) in [4.78, 5) is 2.33.